The van der Waals surface area contributed by atoms with E-state index in [1.54, 1.807) is 12.1 Å². The van der Waals surface area contributed by atoms with Crippen molar-refractivity contribution < 1.29 is 7.48 Å². The second-order valence-corrected chi connectivity index (χ2v) is 2.08. The summed E-state index contributed by atoms with van der Waals surface area (Å²) in [6.45, 7) is 0. The number of pyridine rings is 1. The summed E-state index contributed by atoms with van der Waals surface area (Å²) >= 11 is 2.89. The molecule has 0 aromatic carbocycles. The van der Waals surface area contributed by atoms with Crippen LogP contribution >= 0.6 is 15.9 Å². The number of alkyl halides is 1. The fourth-order valence-electron chi connectivity index (χ4n) is 0.557. The molecule has 1 aromatic heterocycles. The van der Waals surface area contributed by atoms with Crippen molar-refractivity contribution >= 4 is 15.9 Å². The van der Waals surface area contributed by atoms with Crippen LogP contribution in [0.3, 0.4) is 0 Å². The normalized spacial score (nSPS) is 13.8. The van der Waals surface area contributed by atoms with Gasteiger partial charge in [0.1, 0.15) is 0 Å². The average Bonchev–Trinajstić information content (AvgIpc) is 2.03. The first-order valence-corrected chi connectivity index (χ1v) is 3.53. The predicted octanol–water partition coefficient (Wildman–Crippen LogP) is 1.99. The van der Waals surface area contributed by atoms with Crippen LogP contribution in [-0.2, 0) is 5.28 Å². The molecule has 0 saturated heterocycles. The number of aromatic nitrogens is 1. The summed E-state index contributed by atoms with van der Waals surface area (Å²) in [4.78, 5) is 3.87. The summed E-state index contributed by atoms with van der Waals surface area (Å²) in [5, 5.41) is -1.52. The van der Waals surface area contributed by atoms with Crippen molar-refractivity contribution in [3.05, 3.63) is 23.9 Å². The summed E-state index contributed by atoms with van der Waals surface area (Å²) in [5.74, 6) is 0.482. The molecule has 0 amide bonds. The van der Waals surface area contributed by atoms with Gasteiger partial charge in [0.25, 0.3) is 0 Å². The molecule has 0 aliphatic heterocycles. The molecule has 0 bridgehead atoms. The number of ether oxygens (including phenoxy) is 1. The van der Waals surface area contributed by atoms with Gasteiger partial charge in [-0.2, -0.15) is 0 Å². The highest BCUT2D eigenvalue weighted by Gasteiger charge is 1.91. The van der Waals surface area contributed by atoms with E-state index in [9.17, 15) is 0 Å². The maximum atomic E-state index is 7.30. The standard InChI is InChI=1S/C7H8BrNO/c1-10-7-3-2-6(4-8)5-9-7/h2-3,5H,4H2,1H3/i4D2. The third kappa shape index (κ3) is 1.70. The SMILES string of the molecule is [2H]C([2H])(Br)c1ccc(OC)nc1. The van der Waals surface area contributed by atoms with Crippen molar-refractivity contribution in [2.75, 3.05) is 7.11 Å². The average molecular weight is 204 g/mol. The van der Waals surface area contributed by atoms with Gasteiger partial charge >= 0.3 is 0 Å². The number of halogens is 1. The first-order valence-electron chi connectivity index (χ1n) is 3.73. The van der Waals surface area contributed by atoms with Crippen molar-refractivity contribution in [3.63, 3.8) is 0 Å². The van der Waals surface area contributed by atoms with Gasteiger partial charge < -0.3 is 4.74 Å². The highest BCUT2D eigenvalue weighted by Crippen LogP contribution is 2.08. The second-order valence-electron chi connectivity index (χ2n) is 1.68. The van der Waals surface area contributed by atoms with Gasteiger partial charge in [0, 0.05) is 20.3 Å². The van der Waals surface area contributed by atoms with Gasteiger partial charge in [0.2, 0.25) is 5.88 Å². The van der Waals surface area contributed by atoms with Crippen molar-refractivity contribution in [1.29, 1.82) is 0 Å². The van der Waals surface area contributed by atoms with E-state index in [4.69, 9.17) is 7.48 Å². The molecule has 3 heteroatoms. The predicted molar refractivity (Wildman–Crippen MR) is 43.4 cm³/mol. The molecule has 0 spiro atoms. The summed E-state index contributed by atoms with van der Waals surface area (Å²) in [5.41, 5.74) is 0.475. The molecule has 54 valence electrons. The molecule has 0 saturated carbocycles. The molecule has 0 fully saturated rings. The lowest BCUT2D eigenvalue weighted by atomic mass is 10.3. The van der Waals surface area contributed by atoms with E-state index in [0.717, 1.165) is 0 Å². The highest BCUT2D eigenvalue weighted by atomic mass is 79.9. The van der Waals surface area contributed by atoms with Crippen molar-refractivity contribution in [1.82, 2.24) is 4.98 Å². The topological polar surface area (TPSA) is 22.1 Å². The molecule has 1 rings (SSSR count). The van der Waals surface area contributed by atoms with Crippen LogP contribution in [-0.4, -0.2) is 12.1 Å². The summed E-state index contributed by atoms with van der Waals surface area (Å²) in [6.07, 6.45) is 1.44. The first kappa shape index (κ1) is 5.13. The van der Waals surface area contributed by atoms with E-state index in [-0.39, 0.29) is 0 Å². The molecular weight excluding hydrogens is 194 g/mol. The van der Waals surface area contributed by atoms with Crippen LogP contribution < -0.4 is 4.74 Å². The monoisotopic (exact) mass is 203 g/mol. The molecule has 1 aromatic rings. The third-order valence-corrected chi connectivity index (χ3v) is 1.51. The lowest BCUT2D eigenvalue weighted by molar-refractivity contribution is 0.397. The molecule has 10 heavy (non-hydrogen) atoms. The Balaban J connectivity index is 2.93. The van der Waals surface area contributed by atoms with Crippen LogP contribution in [0.5, 0.6) is 5.88 Å². The van der Waals surface area contributed by atoms with Crippen LogP contribution in [0, 0.1) is 0 Å². The Morgan fingerprint density at radius 1 is 1.80 bits per heavy atom. The zero-order chi connectivity index (χ0) is 9.19. The Labute approximate surface area is 71.2 Å². The smallest absolute Gasteiger partial charge is 0.212 e. The Kier molecular flexibility index (Phi) is 1.83. The van der Waals surface area contributed by atoms with E-state index >= 15 is 0 Å². The van der Waals surface area contributed by atoms with E-state index in [0.29, 0.717) is 11.4 Å². The van der Waals surface area contributed by atoms with Gasteiger partial charge in [-0.1, -0.05) is 22.0 Å². The number of hydrogen-bond donors (Lipinski definition) is 0. The molecule has 0 N–H and O–H groups in total. The Morgan fingerprint density at radius 3 is 3.00 bits per heavy atom. The molecule has 0 aliphatic carbocycles. The lowest BCUT2D eigenvalue weighted by Gasteiger charge is -1.97. The van der Waals surface area contributed by atoms with Gasteiger partial charge in [-0.25, -0.2) is 4.98 Å². The minimum absolute atomic E-state index is 0.475. The van der Waals surface area contributed by atoms with E-state index in [1.165, 1.54) is 13.3 Å². The summed E-state index contributed by atoms with van der Waals surface area (Å²) in [6, 6.07) is 3.25. The largest absolute Gasteiger partial charge is 0.481 e. The fourth-order valence-corrected chi connectivity index (χ4v) is 0.791. The van der Waals surface area contributed by atoms with Gasteiger partial charge in [-0.3, -0.25) is 0 Å². The van der Waals surface area contributed by atoms with Gasteiger partial charge in [-0.05, 0) is 5.56 Å². The number of rotatable bonds is 2. The van der Waals surface area contributed by atoms with Crippen LogP contribution in [0.15, 0.2) is 18.3 Å². The number of nitrogens with zero attached hydrogens (tertiary/aromatic N) is 1. The van der Waals surface area contributed by atoms with Crippen molar-refractivity contribution in [2.24, 2.45) is 0 Å². The molecule has 2 nitrogen and oxygen atoms in total. The fraction of sp³-hybridized carbons (Fsp3) is 0.286. The van der Waals surface area contributed by atoms with Crippen LogP contribution in [0.1, 0.15) is 8.30 Å². The quantitative estimate of drug-likeness (QED) is 0.687. The molecule has 0 aliphatic rings. The maximum absolute atomic E-state index is 7.30. The number of hydrogen-bond acceptors (Lipinski definition) is 2. The minimum atomic E-state index is -1.52. The zero-order valence-electron chi connectivity index (χ0n) is 7.47. The molecular formula is C7H8BrNO. The lowest BCUT2D eigenvalue weighted by Crippen LogP contribution is -1.87. The Bertz CT molecular complexity index is 257. The molecule has 1 heterocycles. The molecule has 0 unspecified atom stereocenters. The van der Waals surface area contributed by atoms with Gasteiger partial charge in [-0.15, -0.1) is 0 Å². The Hall–Kier alpha value is -0.570. The molecule has 0 atom stereocenters. The van der Waals surface area contributed by atoms with E-state index in [2.05, 4.69) is 20.9 Å². The van der Waals surface area contributed by atoms with E-state index < -0.39 is 5.28 Å². The summed E-state index contributed by atoms with van der Waals surface area (Å²) in [7, 11) is 1.52. The third-order valence-electron chi connectivity index (χ3n) is 1.05. The summed E-state index contributed by atoms with van der Waals surface area (Å²) < 4.78 is 19.4. The minimum Gasteiger partial charge on any atom is -0.481 e. The van der Waals surface area contributed by atoms with Crippen LogP contribution in [0.2, 0.25) is 0 Å². The maximum Gasteiger partial charge on any atom is 0.212 e. The second kappa shape index (κ2) is 3.56. The van der Waals surface area contributed by atoms with E-state index in [1.807, 2.05) is 0 Å². The van der Waals surface area contributed by atoms with Crippen molar-refractivity contribution in [3.8, 4) is 5.88 Å². The highest BCUT2D eigenvalue weighted by molar-refractivity contribution is 9.08. The van der Waals surface area contributed by atoms with Crippen LogP contribution in [0.4, 0.5) is 0 Å². The molecule has 0 radical (unpaired) electrons. The zero-order valence-corrected chi connectivity index (χ0v) is 7.05. The number of methoxy groups -OCH3 is 1. The first-order chi connectivity index (χ1) is 5.54. The van der Waals surface area contributed by atoms with Gasteiger partial charge in [0.15, 0.2) is 0 Å². The Morgan fingerprint density at radius 2 is 2.60 bits per heavy atom. The van der Waals surface area contributed by atoms with Crippen LogP contribution in [0.25, 0.3) is 0 Å². The van der Waals surface area contributed by atoms with Crippen molar-refractivity contribution in [2.45, 2.75) is 5.28 Å². The van der Waals surface area contributed by atoms with Gasteiger partial charge in [0.05, 0.1) is 7.11 Å².